The van der Waals surface area contributed by atoms with E-state index in [2.05, 4.69) is 5.32 Å². The molecule has 0 saturated carbocycles. The lowest BCUT2D eigenvalue weighted by Crippen LogP contribution is -2.05. The van der Waals surface area contributed by atoms with Crippen LogP contribution in [0.15, 0.2) is 42.5 Å². The molecule has 2 aromatic carbocycles. The lowest BCUT2D eigenvalue weighted by molar-refractivity contribution is 0.101. The maximum atomic E-state index is 11.2. The number of Topliss-reactive ketones (excluding diaryl/α,β-unsaturated/α-hetero) is 1. The molecule has 4 heteroatoms. The third-order valence-corrected chi connectivity index (χ3v) is 3.62. The van der Waals surface area contributed by atoms with E-state index < -0.39 is 0 Å². The van der Waals surface area contributed by atoms with Gasteiger partial charge in [0.15, 0.2) is 5.78 Å². The lowest BCUT2D eigenvalue weighted by Gasteiger charge is -2.08. The number of benzene rings is 2. The van der Waals surface area contributed by atoms with Crippen LogP contribution in [0.1, 0.15) is 22.8 Å². The van der Waals surface area contributed by atoms with Gasteiger partial charge >= 0.3 is 0 Å². The van der Waals surface area contributed by atoms with E-state index >= 15 is 0 Å². The summed E-state index contributed by atoms with van der Waals surface area (Å²) in [6, 6.07) is 13.0. The van der Waals surface area contributed by atoms with Gasteiger partial charge in [0.1, 0.15) is 0 Å². The smallest absolute Gasteiger partial charge is 0.159 e. The average Bonchev–Trinajstić information content (AvgIpc) is 2.42. The van der Waals surface area contributed by atoms with Crippen LogP contribution in [0.5, 0.6) is 0 Å². The standard InChI is InChI=1S/C16H15Cl2NO/c1-11(20)12-3-6-15(7-4-12)19-9-8-13-2-5-14(17)10-16(13)18/h2-7,10,19H,8-9H2,1H3. The first-order valence-electron chi connectivity index (χ1n) is 6.35. The van der Waals surface area contributed by atoms with E-state index in [1.807, 2.05) is 36.4 Å². The molecule has 0 radical (unpaired) electrons. The summed E-state index contributed by atoms with van der Waals surface area (Å²) in [5, 5.41) is 4.63. The van der Waals surface area contributed by atoms with Crippen molar-refractivity contribution >= 4 is 34.7 Å². The average molecular weight is 308 g/mol. The molecule has 0 atom stereocenters. The van der Waals surface area contributed by atoms with Crippen molar-refractivity contribution in [3.05, 3.63) is 63.6 Å². The number of anilines is 1. The molecular formula is C16H15Cl2NO. The van der Waals surface area contributed by atoms with Crippen molar-refractivity contribution < 1.29 is 4.79 Å². The molecule has 0 aliphatic heterocycles. The molecule has 2 nitrogen and oxygen atoms in total. The summed E-state index contributed by atoms with van der Waals surface area (Å²) in [4.78, 5) is 11.2. The Balaban J connectivity index is 1.91. The van der Waals surface area contributed by atoms with E-state index in [1.165, 1.54) is 0 Å². The van der Waals surface area contributed by atoms with Gasteiger partial charge in [-0.1, -0.05) is 29.3 Å². The van der Waals surface area contributed by atoms with Crippen molar-refractivity contribution in [3.8, 4) is 0 Å². The Morgan fingerprint density at radius 1 is 1.10 bits per heavy atom. The molecule has 0 spiro atoms. The van der Waals surface area contributed by atoms with Crippen LogP contribution in [0, 0.1) is 0 Å². The summed E-state index contributed by atoms with van der Waals surface area (Å²) in [6.07, 6.45) is 0.810. The summed E-state index contributed by atoms with van der Waals surface area (Å²) < 4.78 is 0. The van der Waals surface area contributed by atoms with Crippen molar-refractivity contribution in [1.82, 2.24) is 0 Å². The molecule has 0 unspecified atom stereocenters. The van der Waals surface area contributed by atoms with Crippen LogP contribution in [0.4, 0.5) is 5.69 Å². The summed E-state index contributed by atoms with van der Waals surface area (Å²) in [5.74, 6) is 0.0736. The molecule has 0 saturated heterocycles. The van der Waals surface area contributed by atoms with Crippen LogP contribution in [0.25, 0.3) is 0 Å². The zero-order chi connectivity index (χ0) is 14.5. The van der Waals surface area contributed by atoms with Crippen molar-refractivity contribution in [1.29, 1.82) is 0 Å². The van der Waals surface area contributed by atoms with Crippen LogP contribution in [0.3, 0.4) is 0 Å². The molecule has 0 heterocycles. The number of halogens is 2. The number of carbonyl (C=O) groups is 1. The lowest BCUT2D eigenvalue weighted by atomic mass is 10.1. The fraction of sp³-hybridized carbons (Fsp3) is 0.188. The minimum absolute atomic E-state index is 0.0736. The molecular weight excluding hydrogens is 293 g/mol. The first-order chi connectivity index (χ1) is 9.56. The molecule has 0 amide bonds. The van der Waals surface area contributed by atoms with Crippen LogP contribution in [-0.2, 0) is 6.42 Å². The molecule has 0 aromatic heterocycles. The molecule has 2 rings (SSSR count). The van der Waals surface area contributed by atoms with E-state index in [0.717, 1.165) is 29.8 Å². The first-order valence-corrected chi connectivity index (χ1v) is 7.10. The van der Waals surface area contributed by atoms with Crippen molar-refractivity contribution in [2.24, 2.45) is 0 Å². The molecule has 0 fully saturated rings. The molecule has 0 bridgehead atoms. The molecule has 0 aliphatic rings. The molecule has 2 aromatic rings. The van der Waals surface area contributed by atoms with Gasteiger partial charge < -0.3 is 5.32 Å². The second-order valence-corrected chi connectivity index (χ2v) is 5.39. The predicted molar refractivity (Wildman–Crippen MR) is 85.1 cm³/mol. The maximum Gasteiger partial charge on any atom is 0.159 e. The number of carbonyl (C=O) groups excluding carboxylic acids is 1. The van der Waals surface area contributed by atoms with Crippen LogP contribution >= 0.6 is 23.2 Å². The third kappa shape index (κ3) is 3.99. The van der Waals surface area contributed by atoms with Gasteiger partial charge in [0, 0.05) is 27.8 Å². The minimum atomic E-state index is 0.0736. The fourth-order valence-corrected chi connectivity index (χ4v) is 2.39. The molecule has 20 heavy (non-hydrogen) atoms. The number of hydrogen-bond donors (Lipinski definition) is 1. The van der Waals surface area contributed by atoms with Crippen LogP contribution < -0.4 is 5.32 Å². The molecule has 1 N–H and O–H groups in total. The zero-order valence-electron chi connectivity index (χ0n) is 11.1. The largest absolute Gasteiger partial charge is 0.385 e. The quantitative estimate of drug-likeness (QED) is 0.800. The summed E-state index contributed by atoms with van der Waals surface area (Å²) >= 11 is 12.0. The van der Waals surface area contributed by atoms with Gasteiger partial charge in [0.2, 0.25) is 0 Å². The van der Waals surface area contributed by atoms with E-state index in [4.69, 9.17) is 23.2 Å². The highest BCUT2D eigenvalue weighted by Gasteiger charge is 2.02. The fourth-order valence-electron chi connectivity index (χ4n) is 1.89. The highest BCUT2D eigenvalue weighted by Crippen LogP contribution is 2.21. The number of nitrogens with one attached hydrogen (secondary N) is 1. The second kappa shape index (κ2) is 6.78. The van der Waals surface area contributed by atoms with Gasteiger partial charge in [0.25, 0.3) is 0 Å². The highest BCUT2D eigenvalue weighted by molar-refractivity contribution is 6.35. The first kappa shape index (κ1) is 14.9. The number of hydrogen-bond acceptors (Lipinski definition) is 2. The van der Waals surface area contributed by atoms with Crippen molar-refractivity contribution in [2.45, 2.75) is 13.3 Å². The van der Waals surface area contributed by atoms with Crippen molar-refractivity contribution in [3.63, 3.8) is 0 Å². The zero-order valence-corrected chi connectivity index (χ0v) is 12.6. The van der Waals surface area contributed by atoms with Gasteiger partial charge in [0.05, 0.1) is 0 Å². The van der Waals surface area contributed by atoms with E-state index in [0.29, 0.717) is 10.0 Å². The maximum absolute atomic E-state index is 11.2. The van der Waals surface area contributed by atoms with E-state index in [-0.39, 0.29) is 5.78 Å². The monoisotopic (exact) mass is 307 g/mol. The topological polar surface area (TPSA) is 29.1 Å². The van der Waals surface area contributed by atoms with Gasteiger partial charge in [-0.3, -0.25) is 4.79 Å². The Bertz CT molecular complexity index is 608. The SMILES string of the molecule is CC(=O)c1ccc(NCCc2ccc(Cl)cc2Cl)cc1. The normalized spacial score (nSPS) is 10.3. The van der Waals surface area contributed by atoms with Crippen LogP contribution in [0.2, 0.25) is 10.0 Å². The van der Waals surface area contributed by atoms with Crippen molar-refractivity contribution in [2.75, 3.05) is 11.9 Å². The van der Waals surface area contributed by atoms with Gasteiger partial charge in [-0.25, -0.2) is 0 Å². The second-order valence-electron chi connectivity index (χ2n) is 4.55. The summed E-state index contributed by atoms with van der Waals surface area (Å²) in [6.45, 7) is 2.33. The Hall–Kier alpha value is -1.51. The Morgan fingerprint density at radius 2 is 1.80 bits per heavy atom. The predicted octanol–water partition coefficient (Wildman–Crippen LogP) is 4.85. The number of ketones is 1. The molecule has 0 aliphatic carbocycles. The summed E-state index contributed by atoms with van der Waals surface area (Å²) in [7, 11) is 0. The molecule has 104 valence electrons. The Kier molecular flexibility index (Phi) is 5.05. The van der Waals surface area contributed by atoms with Gasteiger partial charge in [-0.2, -0.15) is 0 Å². The Labute approximate surface area is 128 Å². The summed E-state index contributed by atoms with van der Waals surface area (Å²) in [5.41, 5.74) is 2.76. The van der Waals surface area contributed by atoms with E-state index in [1.54, 1.807) is 13.0 Å². The minimum Gasteiger partial charge on any atom is -0.385 e. The van der Waals surface area contributed by atoms with Gasteiger partial charge in [-0.05, 0) is 55.3 Å². The van der Waals surface area contributed by atoms with Crippen LogP contribution in [-0.4, -0.2) is 12.3 Å². The third-order valence-electron chi connectivity index (χ3n) is 3.03. The Morgan fingerprint density at radius 3 is 2.40 bits per heavy atom. The highest BCUT2D eigenvalue weighted by atomic mass is 35.5. The number of rotatable bonds is 5. The van der Waals surface area contributed by atoms with Gasteiger partial charge in [-0.15, -0.1) is 0 Å². The van der Waals surface area contributed by atoms with E-state index in [9.17, 15) is 4.79 Å².